The number of rotatable bonds is 8. The van der Waals surface area contributed by atoms with Crippen molar-refractivity contribution in [3.05, 3.63) is 65.7 Å². The molecule has 0 unspecified atom stereocenters. The van der Waals surface area contributed by atoms with Gasteiger partial charge in [-0.3, -0.25) is 4.79 Å². The summed E-state index contributed by atoms with van der Waals surface area (Å²) in [5.41, 5.74) is 0.911. The van der Waals surface area contributed by atoms with Crippen molar-refractivity contribution >= 4 is 28.2 Å². The number of amides is 1. The number of sulfone groups is 1. The average molecular weight is 383 g/mol. The van der Waals surface area contributed by atoms with Gasteiger partial charge in [0.25, 0.3) is 5.91 Å². The molecule has 136 valence electrons. The predicted molar refractivity (Wildman–Crippen MR) is 102 cm³/mol. The first-order chi connectivity index (χ1) is 11.5. The number of hydrogen-bond acceptors (Lipinski definition) is 4. The molecule has 0 aromatic heterocycles. The Labute approximate surface area is 155 Å². The number of hydrogen-bond donors (Lipinski definition) is 2. The minimum atomic E-state index is -3.49. The summed E-state index contributed by atoms with van der Waals surface area (Å²) in [5.74, 6) is -0.443. The molecule has 2 aromatic rings. The minimum Gasteiger partial charge on any atom is -0.352 e. The predicted octanol–water partition coefficient (Wildman–Crippen LogP) is 2.42. The molecule has 7 heteroatoms. The van der Waals surface area contributed by atoms with E-state index >= 15 is 0 Å². The summed E-state index contributed by atoms with van der Waals surface area (Å²) in [6.45, 7) is 1.35. The monoisotopic (exact) mass is 382 g/mol. The molecular formula is C18H23ClN2O3S. The van der Waals surface area contributed by atoms with Gasteiger partial charge < -0.3 is 10.6 Å². The number of benzene rings is 2. The van der Waals surface area contributed by atoms with Crippen molar-refractivity contribution in [3.63, 3.8) is 0 Å². The van der Waals surface area contributed by atoms with E-state index in [1.165, 1.54) is 0 Å². The first kappa shape index (κ1) is 21.2. The molecule has 2 rings (SSSR count). The summed E-state index contributed by atoms with van der Waals surface area (Å²) in [4.78, 5) is 12.6. The molecule has 0 spiro atoms. The summed E-state index contributed by atoms with van der Waals surface area (Å²) < 4.78 is 25.1. The van der Waals surface area contributed by atoms with Crippen LogP contribution in [0.2, 0.25) is 0 Å². The Morgan fingerprint density at radius 1 is 0.960 bits per heavy atom. The van der Waals surface area contributed by atoms with Gasteiger partial charge in [-0.2, -0.15) is 0 Å². The second-order valence-electron chi connectivity index (χ2n) is 5.44. The highest BCUT2D eigenvalue weighted by molar-refractivity contribution is 7.90. The Bertz CT molecular complexity index is 780. The van der Waals surface area contributed by atoms with Gasteiger partial charge in [-0.05, 0) is 43.8 Å². The molecule has 0 aliphatic heterocycles. The molecule has 0 aliphatic rings. The quantitative estimate of drug-likeness (QED) is 0.687. The smallest absolute Gasteiger partial charge is 0.251 e. The zero-order valence-electron chi connectivity index (χ0n) is 14.1. The van der Waals surface area contributed by atoms with Crippen LogP contribution in [-0.4, -0.2) is 34.5 Å². The fourth-order valence-corrected chi connectivity index (χ4v) is 3.75. The molecule has 0 saturated carbocycles. The van der Waals surface area contributed by atoms with Crippen LogP contribution in [0.25, 0.3) is 0 Å². The van der Waals surface area contributed by atoms with Crippen LogP contribution in [0.3, 0.4) is 0 Å². The normalized spacial score (nSPS) is 10.8. The van der Waals surface area contributed by atoms with Gasteiger partial charge in [0.15, 0.2) is 9.84 Å². The van der Waals surface area contributed by atoms with Crippen LogP contribution < -0.4 is 10.6 Å². The standard InChI is InChI=1S/C18H22N2O3S.ClH/c1-19-12-7-13-20-18(21)17-11-6-5-8-15(17)14-24(22,23)16-9-3-2-4-10-16;/h2-6,8-11,19H,7,12-14H2,1H3,(H,20,21);1H. The third kappa shape index (κ3) is 6.16. The molecule has 0 fully saturated rings. The highest BCUT2D eigenvalue weighted by Crippen LogP contribution is 2.19. The van der Waals surface area contributed by atoms with E-state index in [9.17, 15) is 13.2 Å². The van der Waals surface area contributed by atoms with E-state index in [0.717, 1.165) is 13.0 Å². The van der Waals surface area contributed by atoms with Crippen molar-refractivity contribution in [1.82, 2.24) is 10.6 Å². The average Bonchev–Trinajstić information content (AvgIpc) is 2.59. The molecule has 0 aliphatic carbocycles. The lowest BCUT2D eigenvalue weighted by molar-refractivity contribution is 0.0952. The molecule has 0 saturated heterocycles. The van der Waals surface area contributed by atoms with Crippen LogP contribution in [0, 0.1) is 0 Å². The highest BCUT2D eigenvalue weighted by Gasteiger charge is 2.19. The maximum Gasteiger partial charge on any atom is 0.251 e. The second kappa shape index (κ2) is 10.2. The van der Waals surface area contributed by atoms with E-state index in [1.807, 2.05) is 7.05 Å². The summed E-state index contributed by atoms with van der Waals surface area (Å²) >= 11 is 0. The van der Waals surface area contributed by atoms with Crippen LogP contribution >= 0.6 is 12.4 Å². The molecule has 0 bridgehead atoms. The lowest BCUT2D eigenvalue weighted by atomic mass is 10.1. The molecule has 5 nitrogen and oxygen atoms in total. The zero-order valence-corrected chi connectivity index (χ0v) is 15.7. The SMILES string of the molecule is CNCCCNC(=O)c1ccccc1CS(=O)(=O)c1ccccc1.Cl. The van der Waals surface area contributed by atoms with Gasteiger partial charge in [-0.15, -0.1) is 12.4 Å². The maximum absolute atomic E-state index is 12.5. The van der Waals surface area contributed by atoms with Gasteiger partial charge >= 0.3 is 0 Å². The summed E-state index contributed by atoms with van der Waals surface area (Å²) in [5, 5.41) is 5.84. The van der Waals surface area contributed by atoms with E-state index in [2.05, 4.69) is 10.6 Å². The lowest BCUT2D eigenvalue weighted by Crippen LogP contribution is -2.27. The van der Waals surface area contributed by atoms with Crippen LogP contribution in [0.5, 0.6) is 0 Å². The largest absolute Gasteiger partial charge is 0.352 e. The Morgan fingerprint density at radius 2 is 1.60 bits per heavy atom. The van der Waals surface area contributed by atoms with E-state index in [0.29, 0.717) is 17.7 Å². The Hall–Kier alpha value is -1.89. The van der Waals surface area contributed by atoms with Crippen molar-refractivity contribution in [2.45, 2.75) is 17.1 Å². The molecule has 1 amide bonds. The lowest BCUT2D eigenvalue weighted by Gasteiger charge is -2.11. The molecule has 25 heavy (non-hydrogen) atoms. The molecular weight excluding hydrogens is 360 g/mol. The van der Waals surface area contributed by atoms with E-state index in [-0.39, 0.29) is 29.0 Å². The zero-order chi connectivity index (χ0) is 17.4. The number of carbonyl (C=O) groups excluding carboxylic acids is 1. The van der Waals surface area contributed by atoms with E-state index < -0.39 is 9.84 Å². The fourth-order valence-electron chi connectivity index (χ4n) is 2.35. The summed E-state index contributed by atoms with van der Waals surface area (Å²) in [6.07, 6.45) is 0.812. The topological polar surface area (TPSA) is 75.3 Å². The number of halogens is 1. The molecule has 2 N–H and O–H groups in total. The minimum absolute atomic E-state index is 0. The van der Waals surface area contributed by atoms with Gasteiger partial charge in [0.05, 0.1) is 10.6 Å². The van der Waals surface area contributed by atoms with E-state index in [1.54, 1.807) is 54.6 Å². The molecule has 0 radical (unpaired) electrons. The van der Waals surface area contributed by atoms with Crippen LogP contribution in [0.15, 0.2) is 59.5 Å². The summed E-state index contributed by atoms with van der Waals surface area (Å²) in [6, 6.07) is 15.1. The van der Waals surface area contributed by atoms with Gasteiger partial charge in [-0.25, -0.2) is 8.42 Å². The maximum atomic E-state index is 12.5. The van der Waals surface area contributed by atoms with Gasteiger partial charge in [0, 0.05) is 12.1 Å². The van der Waals surface area contributed by atoms with Crippen LogP contribution in [0.1, 0.15) is 22.3 Å². The van der Waals surface area contributed by atoms with Crippen molar-refractivity contribution in [2.24, 2.45) is 0 Å². The number of carbonyl (C=O) groups is 1. The second-order valence-corrected chi connectivity index (χ2v) is 7.43. The van der Waals surface area contributed by atoms with Gasteiger partial charge in [0.2, 0.25) is 0 Å². The summed E-state index contributed by atoms with van der Waals surface area (Å²) in [7, 11) is -1.64. The van der Waals surface area contributed by atoms with Gasteiger partial charge in [0.1, 0.15) is 0 Å². The first-order valence-electron chi connectivity index (χ1n) is 7.83. The number of nitrogens with one attached hydrogen (secondary N) is 2. The Balaban J connectivity index is 0.00000312. The van der Waals surface area contributed by atoms with Crippen molar-refractivity contribution < 1.29 is 13.2 Å². The third-order valence-corrected chi connectivity index (χ3v) is 5.28. The van der Waals surface area contributed by atoms with Crippen molar-refractivity contribution in [2.75, 3.05) is 20.1 Å². The van der Waals surface area contributed by atoms with Crippen molar-refractivity contribution in [3.8, 4) is 0 Å². The molecule has 2 aromatic carbocycles. The molecule has 0 atom stereocenters. The Morgan fingerprint density at radius 3 is 2.28 bits per heavy atom. The van der Waals surface area contributed by atoms with E-state index in [4.69, 9.17) is 0 Å². The van der Waals surface area contributed by atoms with Crippen LogP contribution in [0.4, 0.5) is 0 Å². The molecule has 0 heterocycles. The third-order valence-electron chi connectivity index (χ3n) is 3.60. The van der Waals surface area contributed by atoms with Crippen LogP contribution in [-0.2, 0) is 15.6 Å². The highest BCUT2D eigenvalue weighted by atomic mass is 35.5. The fraction of sp³-hybridized carbons (Fsp3) is 0.278. The Kier molecular flexibility index (Phi) is 8.61. The first-order valence-corrected chi connectivity index (χ1v) is 9.48. The van der Waals surface area contributed by atoms with Crippen molar-refractivity contribution in [1.29, 1.82) is 0 Å². The van der Waals surface area contributed by atoms with Gasteiger partial charge in [-0.1, -0.05) is 36.4 Å².